The van der Waals surface area contributed by atoms with Crippen molar-refractivity contribution < 1.29 is 9.53 Å². The summed E-state index contributed by atoms with van der Waals surface area (Å²) < 4.78 is 5.55. The molecule has 0 aromatic heterocycles. The zero-order chi connectivity index (χ0) is 16.9. The van der Waals surface area contributed by atoms with Crippen molar-refractivity contribution in [1.82, 2.24) is 0 Å². The number of thiol groups is 1. The predicted molar refractivity (Wildman–Crippen MR) is 101 cm³/mol. The van der Waals surface area contributed by atoms with Crippen LogP contribution in [0.3, 0.4) is 0 Å². The van der Waals surface area contributed by atoms with Gasteiger partial charge in [0.15, 0.2) is 0 Å². The maximum atomic E-state index is 12.4. The topological polar surface area (TPSA) is 26.3 Å². The summed E-state index contributed by atoms with van der Waals surface area (Å²) in [6.07, 6.45) is 11.4. The Hall–Kier alpha value is -0.960. The van der Waals surface area contributed by atoms with Gasteiger partial charge in [-0.05, 0) is 80.5 Å². The van der Waals surface area contributed by atoms with E-state index in [0.29, 0.717) is 5.75 Å². The Morgan fingerprint density at radius 3 is 2.04 bits per heavy atom. The van der Waals surface area contributed by atoms with Crippen LogP contribution in [-0.2, 0) is 4.79 Å². The quantitative estimate of drug-likeness (QED) is 0.417. The molecule has 0 amide bonds. The lowest BCUT2D eigenvalue weighted by Crippen LogP contribution is -2.30. The van der Waals surface area contributed by atoms with Crippen LogP contribution < -0.4 is 4.74 Å². The van der Waals surface area contributed by atoms with E-state index in [4.69, 9.17) is 4.74 Å². The van der Waals surface area contributed by atoms with E-state index in [2.05, 4.69) is 19.6 Å². The summed E-state index contributed by atoms with van der Waals surface area (Å²) in [6, 6.07) is 7.35. The average molecular weight is 347 g/mol. The summed E-state index contributed by atoms with van der Waals surface area (Å²) in [7, 11) is 0. The highest BCUT2D eigenvalue weighted by atomic mass is 32.1. The molecular weight excluding hydrogens is 316 g/mol. The van der Waals surface area contributed by atoms with Gasteiger partial charge >= 0.3 is 5.97 Å². The zero-order valence-corrected chi connectivity index (χ0v) is 15.6. The summed E-state index contributed by atoms with van der Waals surface area (Å²) >= 11 is 4.26. The van der Waals surface area contributed by atoms with Crippen molar-refractivity contribution in [3.8, 4) is 5.75 Å². The Morgan fingerprint density at radius 2 is 1.50 bits per heavy atom. The first-order chi connectivity index (χ1) is 11.7. The number of rotatable bonds is 4. The third-order valence-corrected chi connectivity index (χ3v) is 6.59. The van der Waals surface area contributed by atoms with Crippen molar-refractivity contribution in [2.24, 2.45) is 23.7 Å². The minimum absolute atomic E-state index is 0.0462. The second-order valence-electron chi connectivity index (χ2n) is 7.72. The van der Waals surface area contributed by atoms with Crippen LogP contribution in [0.4, 0.5) is 0 Å². The van der Waals surface area contributed by atoms with Crippen molar-refractivity contribution in [1.29, 1.82) is 0 Å². The van der Waals surface area contributed by atoms with Gasteiger partial charge in [-0.2, -0.15) is 0 Å². The van der Waals surface area contributed by atoms with Crippen molar-refractivity contribution in [2.45, 2.75) is 69.6 Å². The van der Waals surface area contributed by atoms with E-state index in [1.807, 2.05) is 24.3 Å². The maximum Gasteiger partial charge on any atom is 0.314 e. The van der Waals surface area contributed by atoms with E-state index in [1.54, 1.807) is 0 Å². The molecule has 3 heteroatoms. The molecule has 0 saturated heterocycles. The normalized spacial score (nSPS) is 30.8. The predicted octanol–water partition coefficient (Wildman–Crippen LogP) is 5.90. The molecule has 0 bridgehead atoms. The SMILES string of the molecule is CCC1CCC(C2CCC(C(=O)Oc3ccc(S)cc3)CC2)CC1. The molecule has 24 heavy (non-hydrogen) atoms. The van der Waals surface area contributed by atoms with Gasteiger partial charge in [0.1, 0.15) is 5.75 Å². The Balaban J connectivity index is 1.44. The fraction of sp³-hybridized carbons (Fsp3) is 0.667. The summed E-state index contributed by atoms with van der Waals surface area (Å²) in [4.78, 5) is 13.3. The standard InChI is InChI=1S/C21H30O2S/c1-2-15-3-5-16(6-4-15)17-7-9-18(10-8-17)21(22)23-19-11-13-20(24)14-12-19/h11-18,24H,2-10H2,1H3. The molecular formula is C21H30O2S. The molecule has 1 aromatic carbocycles. The summed E-state index contributed by atoms with van der Waals surface area (Å²) in [5.74, 6) is 3.40. The van der Waals surface area contributed by atoms with Gasteiger partial charge in [0.05, 0.1) is 5.92 Å². The summed E-state index contributed by atoms with van der Waals surface area (Å²) in [5, 5.41) is 0. The number of ether oxygens (including phenoxy) is 1. The smallest absolute Gasteiger partial charge is 0.314 e. The number of esters is 1. The Kier molecular flexibility index (Phi) is 6.26. The van der Waals surface area contributed by atoms with Crippen LogP contribution >= 0.6 is 12.6 Å². The van der Waals surface area contributed by atoms with E-state index >= 15 is 0 Å². The Bertz CT molecular complexity index is 523. The lowest BCUT2D eigenvalue weighted by atomic mass is 9.69. The number of hydrogen-bond acceptors (Lipinski definition) is 3. The van der Waals surface area contributed by atoms with Gasteiger partial charge in [-0.25, -0.2) is 0 Å². The number of carbonyl (C=O) groups excluding carboxylic acids is 1. The highest BCUT2D eigenvalue weighted by Crippen LogP contribution is 2.42. The molecule has 2 fully saturated rings. The number of benzene rings is 1. The fourth-order valence-corrected chi connectivity index (χ4v) is 4.76. The van der Waals surface area contributed by atoms with Crippen LogP contribution in [-0.4, -0.2) is 5.97 Å². The highest BCUT2D eigenvalue weighted by molar-refractivity contribution is 7.80. The highest BCUT2D eigenvalue weighted by Gasteiger charge is 2.33. The molecule has 0 heterocycles. The molecule has 2 nitrogen and oxygen atoms in total. The molecule has 0 spiro atoms. The largest absolute Gasteiger partial charge is 0.426 e. The zero-order valence-electron chi connectivity index (χ0n) is 14.7. The van der Waals surface area contributed by atoms with E-state index in [-0.39, 0.29) is 11.9 Å². The lowest BCUT2D eigenvalue weighted by molar-refractivity contribution is -0.140. The second-order valence-corrected chi connectivity index (χ2v) is 8.23. The van der Waals surface area contributed by atoms with Gasteiger partial charge in [0.25, 0.3) is 0 Å². The monoisotopic (exact) mass is 346 g/mol. The minimum Gasteiger partial charge on any atom is -0.426 e. The molecule has 0 N–H and O–H groups in total. The maximum absolute atomic E-state index is 12.4. The van der Waals surface area contributed by atoms with Crippen molar-refractivity contribution in [2.75, 3.05) is 0 Å². The van der Waals surface area contributed by atoms with Crippen LogP contribution in [0.25, 0.3) is 0 Å². The third kappa shape index (κ3) is 4.56. The van der Waals surface area contributed by atoms with Gasteiger partial charge in [-0.1, -0.05) is 26.2 Å². The van der Waals surface area contributed by atoms with Crippen LogP contribution in [0.15, 0.2) is 29.2 Å². The first kappa shape index (κ1) is 17.8. The molecule has 0 radical (unpaired) electrons. The average Bonchev–Trinajstić information content (AvgIpc) is 2.64. The van der Waals surface area contributed by atoms with E-state index in [9.17, 15) is 4.79 Å². The third-order valence-electron chi connectivity index (χ3n) is 6.30. The molecule has 1 aromatic rings. The van der Waals surface area contributed by atoms with Gasteiger partial charge in [-0.3, -0.25) is 4.79 Å². The Morgan fingerprint density at radius 1 is 0.958 bits per heavy atom. The molecule has 0 aliphatic heterocycles. The first-order valence-electron chi connectivity index (χ1n) is 9.66. The van der Waals surface area contributed by atoms with Gasteiger partial charge in [-0.15, -0.1) is 12.6 Å². The van der Waals surface area contributed by atoms with Crippen molar-refractivity contribution in [3.05, 3.63) is 24.3 Å². The summed E-state index contributed by atoms with van der Waals surface area (Å²) in [5.41, 5.74) is 0. The fourth-order valence-electron chi connectivity index (χ4n) is 4.61. The minimum atomic E-state index is -0.0462. The van der Waals surface area contributed by atoms with Gasteiger partial charge in [0, 0.05) is 4.90 Å². The molecule has 132 valence electrons. The molecule has 3 rings (SSSR count). The van der Waals surface area contributed by atoms with Crippen LogP contribution in [0, 0.1) is 23.7 Å². The van der Waals surface area contributed by atoms with Crippen LogP contribution in [0.5, 0.6) is 5.75 Å². The first-order valence-corrected chi connectivity index (χ1v) is 10.1. The summed E-state index contributed by atoms with van der Waals surface area (Å²) in [6.45, 7) is 2.32. The van der Waals surface area contributed by atoms with Crippen molar-refractivity contribution in [3.63, 3.8) is 0 Å². The second kappa shape index (κ2) is 8.42. The number of carbonyl (C=O) groups is 1. The molecule has 0 unspecified atom stereocenters. The lowest BCUT2D eigenvalue weighted by Gasteiger charge is -2.37. The molecule has 0 atom stereocenters. The van der Waals surface area contributed by atoms with Gasteiger partial charge in [0.2, 0.25) is 0 Å². The number of hydrogen-bond donors (Lipinski definition) is 1. The van der Waals surface area contributed by atoms with Crippen molar-refractivity contribution >= 4 is 18.6 Å². The molecule has 2 saturated carbocycles. The van der Waals surface area contributed by atoms with Crippen LogP contribution in [0.2, 0.25) is 0 Å². The molecule has 2 aliphatic rings. The van der Waals surface area contributed by atoms with E-state index < -0.39 is 0 Å². The van der Waals surface area contributed by atoms with E-state index in [1.165, 1.54) is 44.9 Å². The Labute approximate surface area is 151 Å². The van der Waals surface area contributed by atoms with Crippen LogP contribution in [0.1, 0.15) is 64.7 Å². The molecule has 2 aliphatic carbocycles. The van der Waals surface area contributed by atoms with Gasteiger partial charge < -0.3 is 4.74 Å². The van der Waals surface area contributed by atoms with E-state index in [0.717, 1.165) is 35.5 Å².